The van der Waals surface area contributed by atoms with Crippen molar-refractivity contribution in [3.8, 4) is 28.5 Å². The molecular weight excluding hydrogens is 398 g/mol. The predicted octanol–water partition coefficient (Wildman–Crippen LogP) is 3.25. The molecule has 0 saturated heterocycles. The fourth-order valence-electron chi connectivity index (χ4n) is 3.46. The van der Waals surface area contributed by atoms with Gasteiger partial charge >= 0.3 is 0 Å². The zero-order valence-electron chi connectivity index (χ0n) is 16.5. The number of anilines is 2. The van der Waals surface area contributed by atoms with Gasteiger partial charge in [0.05, 0.1) is 17.8 Å². The van der Waals surface area contributed by atoms with E-state index in [1.807, 2.05) is 24.3 Å². The molecule has 8 heteroatoms. The molecule has 1 unspecified atom stereocenters. The van der Waals surface area contributed by atoms with Crippen LogP contribution in [0, 0.1) is 0 Å². The first-order valence-electron chi connectivity index (χ1n) is 9.89. The molecule has 3 aromatic rings. The standard InChI is InChI=1S/C23H19N3O5/c27-22(13-20-23(28)25-16-4-1-2-6-17(16)31-20)26-21-7-3-5-15(24-21)14-8-9-18-19(12-14)30-11-10-29-18/h1-9,12,20H,10-11,13H2,(H,25,28)(H,24,26,27). The lowest BCUT2D eigenvalue weighted by Gasteiger charge is -2.25. The Labute approximate surface area is 178 Å². The summed E-state index contributed by atoms with van der Waals surface area (Å²) in [5.41, 5.74) is 2.11. The van der Waals surface area contributed by atoms with E-state index in [2.05, 4.69) is 15.6 Å². The summed E-state index contributed by atoms with van der Waals surface area (Å²) in [6.07, 6.45) is -1.04. The third-order valence-electron chi connectivity index (χ3n) is 4.93. The number of hydrogen-bond acceptors (Lipinski definition) is 6. The highest BCUT2D eigenvalue weighted by molar-refractivity contribution is 6.01. The fraction of sp³-hybridized carbons (Fsp3) is 0.174. The molecule has 5 rings (SSSR count). The van der Waals surface area contributed by atoms with Gasteiger partial charge in [-0.1, -0.05) is 18.2 Å². The topological polar surface area (TPSA) is 98.8 Å². The number of nitrogens with one attached hydrogen (secondary N) is 2. The number of carbonyl (C=O) groups excluding carboxylic acids is 2. The van der Waals surface area contributed by atoms with Crippen LogP contribution >= 0.6 is 0 Å². The van der Waals surface area contributed by atoms with Gasteiger partial charge in [0.15, 0.2) is 17.6 Å². The smallest absolute Gasteiger partial charge is 0.266 e. The van der Waals surface area contributed by atoms with Gasteiger partial charge in [0.25, 0.3) is 5.91 Å². The minimum absolute atomic E-state index is 0.129. The van der Waals surface area contributed by atoms with Crippen molar-refractivity contribution in [2.75, 3.05) is 23.8 Å². The number of rotatable bonds is 4. The van der Waals surface area contributed by atoms with E-state index in [0.29, 0.717) is 47.7 Å². The highest BCUT2D eigenvalue weighted by Gasteiger charge is 2.29. The van der Waals surface area contributed by atoms with Gasteiger partial charge in [-0.15, -0.1) is 0 Å². The van der Waals surface area contributed by atoms with Crippen LogP contribution in [-0.4, -0.2) is 36.1 Å². The molecule has 2 aliphatic rings. The summed E-state index contributed by atoms with van der Waals surface area (Å²) in [6, 6.07) is 18.0. The SMILES string of the molecule is O=C(CC1Oc2ccccc2NC1=O)Nc1cccc(-c2ccc3c(c2)OCCO3)n1. The largest absolute Gasteiger partial charge is 0.486 e. The van der Waals surface area contributed by atoms with Crippen molar-refractivity contribution in [2.24, 2.45) is 0 Å². The zero-order valence-corrected chi connectivity index (χ0v) is 16.5. The van der Waals surface area contributed by atoms with E-state index < -0.39 is 6.10 Å². The van der Waals surface area contributed by atoms with Crippen LogP contribution in [0.2, 0.25) is 0 Å². The summed E-state index contributed by atoms with van der Waals surface area (Å²) in [4.78, 5) is 29.3. The van der Waals surface area contributed by atoms with Crippen molar-refractivity contribution < 1.29 is 23.8 Å². The van der Waals surface area contributed by atoms with Crippen molar-refractivity contribution in [3.05, 3.63) is 60.7 Å². The molecule has 2 aromatic carbocycles. The van der Waals surface area contributed by atoms with Crippen molar-refractivity contribution in [1.29, 1.82) is 0 Å². The van der Waals surface area contributed by atoms with Crippen LogP contribution in [0.1, 0.15) is 6.42 Å². The minimum atomic E-state index is -0.907. The maximum atomic E-state index is 12.5. The van der Waals surface area contributed by atoms with E-state index in [0.717, 1.165) is 5.56 Å². The van der Waals surface area contributed by atoms with Gasteiger partial charge in [-0.05, 0) is 42.5 Å². The summed E-state index contributed by atoms with van der Waals surface area (Å²) >= 11 is 0. The highest BCUT2D eigenvalue weighted by Crippen LogP contribution is 2.34. The molecule has 156 valence electrons. The first-order chi connectivity index (χ1) is 15.2. The molecule has 1 atom stereocenters. The lowest BCUT2D eigenvalue weighted by molar-refractivity contribution is -0.128. The lowest BCUT2D eigenvalue weighted by atomic mass is 10.1. The summed E-state index contributed by atoms with van der Waals surface area (Å²) < 4.78 is 16.9. The molecule has 2 aliphatic heterocycles. The maximum absolute atomic E-state index is 12.5. The van der Waals surface area contributed by atoms with Gasteiger partial charge in [0, 0.05) is 5.56 Å². The molecule has 0 fully saturated rings. The average Bonchev–Trinajstić information content (AvgIpc) is 2.79. The first kappa shape index (κ1) is 18.9. The number of amides is 2. The highest BCUT2D eigenvalue weighted by atomic mass is 16.6. The van der Waals surface area contributed by atoms with Crippen molar-refractivity contribution in [1.82, 2.24) is 4.98 Å². The van der Waals surface area contributed by atoms with Crippen molar-refractivity contribution >= 4 is 23.3 Å². The lowest BCUT2D eigenvalue weighted by Crippen LogP contribution is -2.39. The van der Waals surface area contributed by atoms with E-state index in [4.69, 9.17) is 14.2 Å². The molecule has 2 N–H and O–H groups in total. The second-order valence-corrected chi connectivity index (χ2v) is 7.11. The number of carbonyl (C=O) groups is 2. The van der Waals surface area contributed by atoms with Crippen LogP contribution in [0.15, 0.2) is 60.7 Å². The molecule has 0 radical (unpaired) electrons. The number of aromatic nitrogens is 1. The van der Waals surface area contributed by atoms with Crippen LogP contribution < -0.4 is 24.8 Å². The molecule has 0 spiro atoms. The van der Waals surface area contributed by atoms with Gasteiger partial charge in [0.2, 0.25) is 5.91 Å². The van der Waals surface area contributed by atoms with E-state index in [1.165, 1.54) is 0 Å². The van der Waals surface area contributed by atoms with Crippen LogP contribution in [0.25, 0.3) is 11.3 Å². The Kier molecular flexibility index (Phi) is 4.87. The Morgan fingerprint density at radius 1 is 1.00 bits per heavy atom. The average molecular weight is 417 g/mol. The normalized spacial score (nSPS) is 16.5. The number of ether oxygens (including phenoxy) is 3. The molecule has 0 bridgehead atoms. The third-order valence-corrected chi connectivity index (χ3v) is 4.93. The van der Waals surface area contributed by atoms with Crippen LogP contribution in [0.5, 0.6) is 17.2 Å². The molecule has 1 aromatic heterocycles. The van der Waals surface area contributed by atoms with Gasteiger partial charge in [-0.25, -0.2) is 4.98 Å². The number of benzene rings is 2. The maximum Gasteiger partial charge on any atom is 0.266 e. The van der Waals surface area contributed by atoms with Crippen molar-refractivity contribution in [2.45, 2.75) is 12.5 Å². The van der Waals surface area contributed by atoms with Crippen LogP contribution in [0.3, 0.4) is 0 Å². The van der Waals surface area contributed by atoms with Gasteiger partial charge in [0.1, 0.15) is 24.8 Å². The quantitative estimate of drug-likeness (QED) is 0.676. The molecule has 3 heterocycles. The Morgan fingerprint density at radius 3 is 2.74 bits per heavy atom. The summed E-state index contributed by atoms with van der Waals surface area (Å²) in [7, 11) is 0. The zero-order chi connectivity index (χ0) is 21.2. The van der Waals surface area contributed by atoms with Crippen molar-refractivity contribution in [3.63, 3.8) is 0 Å². The van der Waals surface area contributed by atoms with E-state index in [9.17, 15) is 9.59 Å². The summed E-state index contributed by atoms with van der Waals surface area (Å²) in [5.74, 6) is 1.57. The number of fused-ring (bicyclic) bond motifs is 2. The number of nitrogens with zero attached hydrogens (tertiary/aromatic N) is 1. The molecule has 31 heavy (non-hydrogen) atoms. The Balaban J connectivity index is 1.28. The molecular formula is C23H19N3O5. The van der Waals surface area contributed by atoms with Crippen LogP contribution in [-0.2, 0) is 9.59 Å². The number of pyridine rings is 1. The second-order valence-electron chi connectivity index (χ2n) is 7.11. The van der Waals surface area contributed by atoms with Gasteiger partial charge < -0.3 is 24.8 Å². The number of hydrogen-bond donors (Lipinski definition) is 2. The van der Waals surface area contributed by atoms with Crippen LogP contribution in [0.4, 0.5) is 11.5 Å². The molecule has 2 amide bonds. The fourth-order valence-corrected chi connectivity index (χ4v) is 3.46. The monoisotopic (exact) mass is 417 g/mol. The summed E-state index contributed by atoms with van der Waals surface area (Å²) in [6.45, 7) is 1.03. The summed E-state index contributed by atoms with van der Waals surface area (Å²) in [5, 5.41) is 5.49. The second kappa shape index (κ2) is 7.98. The minimum Gasteiger partial charge on any atom is -0.486 e. The first-order valence-corrected chi connectivity index (χ1v) is 9.89. The van der Waals surface area contributed by atoms with E-state index >= 15 is 0 Å². The Morgan fingerprint density at radius 2 is 1.84 bits per heavy atom. The third kappa shape index (κ3) is 4.00. The number of para-hydroxylation sites is 2. The van der Waals surface area contributed by atoms with Gasteiger partial charge in [-0.3, -0.25) is 9.59 Å². The molecule has 8 nitrogen and oxygen atoms in total. The van der Waals surface area contributed by atoms with E-state index in [1.54, 1.807) is 36.4 Å². The predicted molar refractivity (Wildman–Crippen MR) is 113 cm³/mol. The molecule has 0 saturated carbocycles. The Hall–Kier alpha value is -4.07. The van der Waals surface area contributed by atoms with Gasteiger partial charge in [-0.2, -0.15) is 0 Å². The van der Waals surface area contributed by atoms with E-state index in [-0.39, 0.29) is 18.2 Å². The Bertz CT molecular complexity index is 1160. The molecule has 0 aliphatic carbocycles.